The van der Waals surface area contributed by atoms with E-state index in [0.29, 0.717) is 12.1 Å². The number of amides is 3. The SMILES string of the molecule is CC(C)CNC(=O)NC(=O)COC(=O)c1ccccc1I. The number of ether oxygens (including phenoxy) is 1. The molecule has 0 atom stereocenters. The molecule has 0 heterocycles. The fourth-order valence-corrected chi connectivity index (χ4v) is 1.95. The van der Waals surface area contributed by atoms with Gasteiger partial charge in [-0.25, -0.2) is 9.59 Å². The molecule has 2 N–H and O–H groups in total. The number of rotatable bonds is 5. The molecule has 0 saturated carbocycles. The van der Waals surface area contributed by atoms with Gasteiger partial charge in [0.1, 0.15) is 0 Å². The predicted octanol–water partition coefficient (Wildman–Crippen LogP) is 1.93. The molecule has 6 nitrogen and oxygen atoms in total. The summed E-state index contributed by atoms with van der Waals surface area (Å²) in [5, 5.41) is 4.62. The number of hydrogen-bond donors (Lipinski definition) is 2. The number of nitrogens with one attached hydrogen (secondary N) is 2. The Labute approximate surface area is 136 Å². The van der Waals surface area contributed by atoms with Crippen molar-refractivity contribution in [2.45, 2.75) is 13.8 Å². The molecule has 0 saturated heterocycles. The number of imide groups is 1. The van der Waals surface area contributed by atoms with E-state index < -0.39 is 24.5 Å². The van der Waals surface area contributed by atoms with Gasteiger partial charge in [-0.05, 0) is 40.6 Å². The Morgan fingerprint density at radius 1 is 1.24 bits per heavy atom. The number of urea groups is 1. The van der Waals surface area contributed by atoms with Gasteiger partial charge in [-0.3, -0.25) is 10.1 Å². The van der Waals surface area contributed by atoms with Gasteiger partial charge in [0, 0.05) is 10.1 Å². The first-order valence-electron chi connectivity index (χ1n) is 6.39. The average molecular weight is 404 g/mol. The van der Waals surface area contributed by atoms with Crippen LogP contribution in [0.3, 0.4) is 0 Å². The van der Waals surface area contributed by atoms with Crippen LogP contribution in [-0.4, -0.2) is 31.1 Å². The third-order valence-electron chi connectivity index (χ3n) is 2.35. The topological polar surface area (TPSA) is 84.5 Å². The number of halogens is 1. The van der Waals surface area contributed by atoms with E-state index in [1.165, 1.54) is 0 Å². The molecule has 1 aromatic carbocycles. The van der Waals surface area contributed by atoms with Gasteiger partial charge >= 0.3 is 12.0 Å². The summed E-state index contributed by atoms with van der Waals surface area (Å²) in [7, 11) is 0. The van der Waals surface area contributed by atoms with Crippen molar-refractivity contribution >= 4 is 40.5 Å². The first kappa shape index (κ1) is 17.4. The van der Waals surface area contributed by atoms with Crippen LogP contribution >= 0.6 is 22.6 Å². The summed E-state index contributed by atoms with van der Waals surface area (Å²) in [6.45, 7) is 3.83. The fraction of sp³-hybridized carbons (Fsp3) is 0.357. The van der Waals surface area contributed by atoms with Gasteiger partial charge in [-0.15, -0.1) is 0 Å². The van der Waals surface area contributed by atoms with Crippen LogP contribution in [-0.2, 0) is 9.53 Å². The lowest BCUT2D eigenvalue weighted by atomic mass is 10.2. The lowest BCUT2D eigenvalue weighted by Gasteiger charge is -2.09. The minimum atomic E-state index is -0.671. The molecule has 1 aromatic rings. The number of esters is 1. The molecule has 7 heteroatoms. The van der Waals surface area contributed by atoms with Crippen LogP contribution < -0.4 is 10.6 Å². The maximum absolute atomic E-state index is 11.8. The van der Waals surface area contributed by atoms with E-state index in [4.69, 9.17) is 4.74 Å². The molecular weight excluding hydrogens is 387 g/mol. The Morgan fingerprint density at radius 3 is 2.52 bits per heavy atom. The van der Waals surface area contributed by atoms with Crippen LogP contribution in [0, 0.1) is 9.49 Å². The summed E-state index contributed by atoms with van der Waals surface area (Å²) < 4.78 is 5.59. The molecule has 0 spiro atoms. The highest BCUT2D eigenvalue weighted by molar-refractivity contribution is 14.1. The highest BCUT2D eigenvalue weighted by Crippen LogP contribution is 2.12. The normalized spacial score (nSPS) is 10.1. The second-order valence-corrected chi connectivity index (χ2v) is 5.87. The molecule has 0 aliphatic carbocycles. The van der Waals surface area contributed by atoms with E-state index in [-0.39, 0.29) is 5.92 Å². The standard InChI is InChI=1S/C14H17IN2O4/c1-9(2)7-16-14(20)17-12(18)8-21-13(19)10-5-3-4-6-11(10)15/h3-6,9H,7-8H2,1-2H3,(H2,16,17,18,20). The van der Waals surface area contributed by atoms with Gasteiger partial charge in [0.15, 0.2) is 6.61 Å². The fourth-order valence-electron chi connectivity index (χ4n) is 1.34. The monoisotopic (exact) mass is 404 g/mol. The van der Waals surface area contributed by atoms with Gasteiger partial charge < -0.3 is 10.1 Å². The first-order chi connectivity index (χ1) is 9.90. The molecule has 0 aliphatic rings. The first-order valence-corrected chi connectivity index (χ1v) is 7.47. The van der Waals surface area contributed by atoms with Crippen molar-refractivity contribution in [2.75, 3.05) is 13.2 Å². The third-order valence-corrected chi connectivity index (χ3v) is 3.29. The van der Waals surface area contributed by atoms with Crippen LogP contribution in [0.25, 0.3) is 0 Å². The van der Waals surface area contributed by atoms with Crippen molar-refractivity contribution in [2.24, 2.45) is 5.92 Å². The molecule has 0 fully saturated rings. The largest absolute Gasteiger partial charge is 0.452 e. The second-order valence-electron chi connectivity index (χ2n) is 4.71. The molecule has 3 amide bonds. The molecule has 1 rings (SSSR count). The minimum Gasteiger partial charge on any atom is -0.452 e. The van der Waals surface area contributed by atoms with E-state index >= 15 is 0 Å². The molecule has 0 radical (unpaired) electrons. The maximum atomic E-state index is 11.8. The lowest BCUT2D eigenvalue weighted by Crippen LogP contribution is -2.42. The smallest absolute Gasteiger partial charge is 0.339 e. The Balaban J connectivity index is 2.38. The Hall–Kier alpha value is -1.64. The molecule has 0 aromatic heterocycles. The Kier molecular flexibility index (Phi) is 7.13. The van der Waals surface area contributed by atoms with Crippen molar-refractivity contribution in [3.8, 4) is 0 Å². The molecule has 0 unspecified atom stereocenters. The second kappa shape index (κ2) is 8.60. The van der Waals surface area contributed by atoms with Crippen LogP contribution in [0.1, 0.15) is 24.2 Å². The van der Waals surface area contributed by atoms with E-state index in [1.54, 1.807) is 24.3 Å². The Morgan fingerprint density at radius 2 is 1.90 bits per heavy atom. The van der Waals surface area contributed by atoms with Gasteiger partial charge in [0.2, 0.25) is 0 Å². The van der Waals surface area contributed by atoms with Crippen molar-refractivity contribution in [3.63, 3.8) is 0 Å². The van der Waals surface area contributed by atoms with Crippen LogP contribution in [0.15, 0.2) is 24.3 Å². The summed E-state index contributed by atoms with van der Waals surface area (Å²) in [5.41, 5.74) is 0.384. The van der Waals surface area contributed by atoms with E-state index in [0.717, 1.165) is 3.57 Å². The Bertz CT molecular complexity index is 531. The van der Waals surface area contributed by atoms with E-state index in [2.05, 4.69) is 10.6 Å². The average Bonchev–Trinajstić information content (AvgIpc) is 2.43. The van der Waals surface area contributed by atoms with E-state index in [1.807, 2.05) is 36.4 Å². The molecular formula is C14H17IN2O4. The van der Waals surface area contributed by atoms with E-state index in [9.17, 15) is 14.4 Å². The summed E-state index contributed by atoms with van der Waals surface area (Å²) >= 11 is 2.00. The van der Waals surface area contributed by atoms with Crippen LogP contribution in [0.5, 0.6) is 0 Å². The zero-order chi connectivity index (χ0) is 15.8. The highest BCUT2D eigenvalue weighted by atomic mass is 127. The highest BCUT2D eigenvalue weighted by Gasteiger charge is 2.14. The maximum Gasteiger partial charge on any atom is 0.339 e. The van der Waals surface area contributed by atoms with Crippen LogP contribution in [0.4, 0.5) is 4.79 Å². The summed E-state index contributed by atoms with van der Waals surface area (Å²) in [6, 6.07) is 6.27. The van der Waals surface area contributed by atoms with Gasteiger partial charge in [-0.2, -0.15) is 0 Å². The minimum absolute atomic E-state index is 0.281. The van der Waals surface area contributed by atoms with Gasteiger partial charge in [0.25, 0.3) is 5.91 Å². The number of hydrogen-bond acceptors (Lipinski definition) is 4. The molecule has 0 bridgehead atoms. The van der Waals surface area contributed by atoms with Gasteiger partial charge in [0.05, 0.1) is 5.56 Å². The molecule has 114 valence electrons. The van der Waals surface area contributed by atoms with Crippen molar-refractivity contribution in [1.29, 1.82) is 0 Å². The number of benzene rings is 1. The summed E-state index contributed by atoms with van der Waals surface area (Å²) in [4.78, 5) is 34.6. The molecule has 21 heavy (non-hydrogen) atoms. The van der Waals surface area contributed by atoms with Gasteiger partial charge in [-0.1, -0.05) is 26.0 Å². The zero-order valence-electron chi connectivity index (χ0n) is 11.8. The van der Waals surface area contributed by atoms with Crippen molar-refractivity contribution < 1.29 is 19.1 Å². The van der Waals surface area contributed by atoms with Crippen LogP contribution in [0.2, 0.25) is 0 Å². The quantitative estimate of drug-likeness (QED) is 0.581. The summed E-state index contributed by atoms with van der Waals surface area (Å²) in [6.07, 6.45) is 0. The molecule has 0 aliphatic heterocycles. The third kappa shape index (κ3) is 6.56. The lowest BCUT2D eigenvalue weighted by molar-refractivity contribution is -0.123. The number of carbonyl (C=O) groups is 3. The number of carbonyl (C=O) groups excluding carboxylic acids is 3. The zero-order valence-corrected chi connectivity index (χ0v) is 14.0. The van der Waals surface area contributed by atoms with Crippen molar-refractivity contribution in [3.05, 3.63) is 33.4 Å². The summed E-state index contributed by atoms with van der Waals surface area (Å²) in [5.74, 6) is -0.989. The predicted molar refractivity (Wildman–Crippen MR) is 85.8 cm³/mol. The van der Waals surface area contributed by atoms with Crippen molar-refractivity contribution in [1.82, 2.24) is 10.6 Å².